The first-order chi connectivity index (χ1) is 16.8. The first kappa shape index (κ1) is 24.1. The number of benzene rings is 1. The van der Waals surface area contributed by atoms with Gasteiger partial charge in [-0.25, -0.2) is 15.0 Å². The van der Waals surface area contributed by atoms with Crippen molar-refractivity contribution in [2.45, 2.75) is 45.3 Å². The van der Waals surface area contributed by atoms with Crippen LogP contribution in [0, 0.1) is 0 Å². The largest absolute Gasteiger partial charge is 0.497 e. The maximum Gasteiger partial charge on any atom is 0.303 e. The zero-order valence-corrected chi connectivity index (χ0v) is 19.5. The van der Waals surface area contributed by atoms with Gasteiger partial charge < -0.3 is 23.7 Å². The summed E-state index contributed by atoms with van der Waals surface area (Å²) in [6, 6.07) is 7.30. The van der Waals surface area contributed by atoms with Gasteiger partial charge in [-0.2, -0.15) is 0 Å². The summed E-state index contributed by atoms with van der Waals surface area (Å²) in [7, 11) is 1.58. The third-order valence-electron chi connectivity index (χ3n) is 5.34. The lowest BCUT2D eigenvalue weighted by atomic mass is 10.1. The van der Waals surface area contributed by atoms with E-state index in [0.29, 0.717) is 22.6 Å². The number of rotatable bonds is 7. The number of ether oxygens (including phenoxy) is 5. The minimum atomic E-state index is -1.05. The van der Waals surface area contributed by atoms with Crippen molar-refractivity contribution >= 4 is 29.1 Å². The molecule has 0 aliphatic carbocycles. The van der Waals surface area contributed by atoms with Gasteiger partial charge in [-0.05, 0) is 24.3 Å². The van der Waals surface area contributed by atoms with Crippen molar-refractivity contribution in [3.8, 4) is 17.0 Å². The lowest BCUT2D eigenvalue weighted by Crippen LogP contribution is -2.40. The van der Waals surface area contributed by atoms with Crippen LogP contribution in [0.3, 0.4) is 0 Å². The highest BCUT2D eigenvalue weighted by atomic mass is 16.7. The van der Waals surface area contributed by atoms with Gasteiger partial charge in [-0.1, -0.05) is 0 Å². The first-order valence-corrected chi connectivity index (χ1v) is 10.7. The third kappa shape index (κ3) is 5.06. The number of carbonyl (C=O) groups excluding carboxylic acids is 3. The Balaban J connectivity index is 1.75. The van der Waals surface area contributed by atoms with Gasteiger partial charge in [0.1, 0.15) is 36.0 Å². The molecule has 1 aliphatic heterocycles. The summed E-state index contributed by atoms with van der Waals surface area (Å²) in [6.07, 6.45) is -1.07. The molecule has 35 heavy (non-hydrogen) atoms. The fourth-order valence-corrected chi connectivity index (χ4v) is 3.92. The zero-order chi connectivity index (χ0) is 25.1. The molecule has 1 fully saturated rings. The highest BCUT2D eigenvalue weighted by Gasteiger charge is 2.51. The quantitative estimate of drug-likeness (QED) is 0.358. The number of aromatic nitrogens is 4. The molecule has 0 saturated carbocycles. The number of fused-ring (bicyclic) bond motifs is 1. The minimum Gasteiger partial charge on any atom is -0.497 e. The molecule has 0 amide bonds. The minimum absolute atomic E-state index is 0.208. The SMILES string of the molecule is COc1ccc(-c2ncnc3c2ncn3[C@@H]2O[C@H](COC(C)=O)C(OC(C)=O)C2OC(C)=O)cc1. The monoisotopic (exact) mass is 484 g/mol. The van der Waals surface area contributed by atoms with Crippen molar-refractivity contribution in [2.24, 2.45) is 0 Å². The Morgan fingerprint density at radius 1 is 0.943 bits per heavy atom. The van der Waals surface area contributed by atoms with E-state index in [1.165, 1.54) is 33.4 Å². The summed E-state index contributed by atoms with van der Waals surface area (Å²) in [6.45, 7) is 3.50. The number of esters is 3. The van der Waals surface area contributed by atoms with E-state index in [-0.39, 0.29) is 6.61 Å². The fraction of sp³-hybridized carbons (Fsp3) is 0.391. The maximum absolute atomic E-state index is 11.9. The fourth-order valence-electron chi connectivity index (χ4n) is 3.92. The van der Waals surface area contributed by atoms with Crippen LogP contribution in [0.2, 0.25) is 0 Å². The second kappa shape index (κ2) is 10.1. The van der Waals surface area contributed by atoms with Gasteiger partial charge in [0.15, 0.2) is 24.1 Å². The number of hydrogen-bond donors (Lipinski definition) is 0. The van der Waals surface area contributed by atoms with Gasteiger partial charge in [-0.3, -0.25) is 19.0 Å². The van der Waals surface area contributed by atoms with E-state index in [9.17, 15) is 14.4 Å². The van der Waals surface area contributed by atoms with E-state index in [0.717, 1.165) is 5.56 Å². The maximum atomic E-state index is 11.9. The number of hydrogen-bond acceptors (Lipinski definition) is 11. The normalized spacial score (nSPS) is 21.5. The van der Waals surface area contributed by atoms with E-state index < -0.39 is 42.4 Å². The second-order valence-corrected chi connectivity index (χ2v) is 7.79. The number of carbonyl (C=O) groups is 3. The molecule has 3 aromatic rings. The van der Waals surface area contributed by atoms with Crippen molar-refractivity contribution in [3.05, 3.63) is 36.9 Å². The molecular weight excluding hydrogens is 460 g/mol. The molecule has 184 valence electrons. The van der Waals surface area contributed by atoms with Crippen LogP contribution in [0.4, 0.5) is 0 Å². The van der Waals surface area contributed by atoms with Gasteiger partial charge in [-0.15, -0.1) is 0 Å². The molecule has 1 aromatic carbocycles. The Morgan fingerprint density at radius 3 is 2.26 bits per heavy atom. The Kier molecular flexibility index (Phi) is 6.92. The highest BCUT2D eigenvalue weighted by molar-refractivity contribution is 5.87. The molecular formula is C23H24N4O8. The molecule has 1 saturated heterocycles. The zero-order valence-electron chi connectivity index (χ0n) is 19.5. The van der Waals surface area contributed by atoms with E-state index in [1.54, 1.807) is 23.8 Å². The molecule has 0 radical (unpaired) electrons. The van der Waals surface area contributed by atoms with Crippen LogP contribution in [0.25, 0.3) is 22.4 Å². The van der Waals surface area contributed by atoms with Crippen LogP contribution in [-0.2, 0) is 33.3 Å². The summed E-state index contributed by atoms with van der Waals surface area (Å²) in [4.78, 5) is 48.3. The molecule has 3 heterocycles. The van der Waals surface area contributed by atoms with Gasteiger partial charge in [0.25, 0.3) is 0 Å². The van der Waals surface area contributed by atoms with Crippen LogP contribution >= 0.6 is 0 Å². The van der Waals surface area contributed by atoms with Crippen molar-refractivity contribution in [2.75, 3.05) is 13.7 Å². The third-order valence-corrected chi connectivity index (χ3v) is 5.34. The molecule has 4 rings (SSSR count). The summed E-state index contributed by atoms with van der Waals surface area (Å²) < 4.78 is 28.9. The number of methoxy groups -OCH3 is 1. The Hall–Kier alpha value is -4.06. The number of imidazole rings is 1. The van der Waals surface area contributed by atoms with Gasteiger partial charge in [0.05, 0.1) is 13.4 Å². The summed E-state index contributed by atoms with van der Waals surface area (Å²) in [5.41, 5.74) is 2.25. The predicted octanol–water partition coefficient (Wildman–Crippen LogP) is 1.83. The molecule has 4 atom stereocenters. The standard InChI is InChI=1S/C23H24N4O8/c1-12(28)32-9-17-20(33-13(2)29)21(34-14(3)30)23(35-17)27-11-26-19-18(24-10-25-22(19)27)15-5-7-16(31-4)8-6-15/h5-8,10-11,17,20-21,23H,9H2,1-4H3/t17-,20?,21?,23-/m1/s1. The average Bonchev–Trinajstić information content (AvgIpc) is 3.38. The van der Waals surface area contributed by atoms with Crippen LogP contribution < -0.4 is 4.74 Å². The summed E-state index contributed by atoms with van der Waals surface area (Å²) >= 11 is 0. The van der Waals surface area contributed by atoms with E-state index in [4.69, 9.17) is 23.7 Å². The van der Waals surface area contributed by atoms with Crippen LogP contribution in [0.5, 0.6) is 5.75 Å². The summed E-state index contributed by atoms with van der Waals surface area (Å²) in [5, 5.41) is 0. The topological polar surface area (TPSA) is 141 Å². The highest BCUT2D eigenvalue weighted by Crippen LogP contribution is 2.37. The van der Waals surface area contributed by atoms with Crippen molar-refractivity contribution in [1.29, 1.82) is 0 Å². The number of nitrogens with zero attached hydrogens (tertiary/aromatic N) is 4. The molecule has 2 aromatic heterocycles. The molecule has 12 heteroatoms. The second-order valence-electron chi connectivity index (χ2n) is 7.79. The van der Waals surface area contributed by atoms with Crippen molar-refractivity contribution < 1.29 is 38.1 Å². The molecule has 0 N–H and O–H groups in total. The molecule has 1 aliphatic rings. The molecule has 2 unspecified atom stereocenters. The van der Waals surface area contributed by atoms with Gasteiger partial charge in [0, 0.05) is 26.3 Å². The lowest BCUT2D eigenvalue weighted by molar-refractivity contribution is -0.166. The predicted molar refractivity (Wildman–Crippen MR) is 119 cm³/mol. The van der Waals surface area contributed by atoms with E-state index in [1.807, 2.05) is 12.1 Å². The average molecular weight is 484 g/mol. The molecule has 0 bridgehead atoms. The van der Waals surface area contributed by atoms with Gasteiger partial charge in [0.2, 0.25) is 0 Å². The first-order valence-electron chi connectivity index (χ1n) is 10.7. The Bertz CT molecular complexity index is 1240. The Labute approximate surface area is 200 Å². The van der Waals surface area contributed by atoms with E-state index in [2.05, 4.69) is 15.0 Å². The smallest absolute Gasteiger partial charge is 0.303 e. The molecule has 0 spiro atoms. The van der Waals surface area contributed by atoms with Crippen molar-refractivity contribution in [1.82, 2.24) is 19.5 Å². The van der Waals surface area contributed by atoms with E-state index >= 15 is 0 Å². The van der Waals surface area contributed by atoms with Crippen LogP contribution in [-0.4, -0.2) is 69.5 Å². The molecule has 12 nitrogen and oxygen atoms in total. The van der Waals surface area contributed by atoms with Gasteiger partial charge >= 0.3 is 17.9 Å². The van der Waals surface area contributed by atoms with Crippen LogP contribution in [0.15, 0.2) is 36.9 Å². The Morgan fingerprint density at radius 2 is 1.63 bits per heavy atom. The summed E-state index contributed by atoms with van der Waals surface area (Å²) in [5.74, 6) is -1.05. The van der Waals surface area contributed by atoms with Crippen LogP contribution in [0.1, 0.15) is 27.0 Å². The van der Waals surface area contributed by atoms with Crippen molar-refractivity contribution in [3.63, 3.8) is 0 Å². The lowest BCUT2D eigenvalue weighted by Gasteiger charge is -2.23.